The van der Waals surface area contributed by atoms with E-state index in [1.165, 1.54) is 0 Å². The quantitative estimate of drug-likeness (QED) is 0.471. The highest BCUT2D eigenvalue weighted by atomic mass is 28.4. The van der Waals surface area contributed by atoms with Crippen molar-refractivity contribution >= 4 is 22.4 Å². The van der Waals surface area contributed by atoms with Gasteiger partial charge in [-0.05, 0) is 56.0 Å². The SMILES string of the molecule is C=C(O[Si](C)(C)C)c1ccc(OC)c(O[Si](C)(C)C(C)(C)C)c1. The Kier molecular flexibility index (Phi) is 5.80. The highest BCUT2D eigenvalue weighted by Crippen LogP contribution is 2.40. The maximum Gasteiger partial charge on any atom is 0.250 e. The Morgan fingerprint density at radius 3 is 2.00 bits per heavy atom. The van der Waals surface area contributed by atoms with E-state index in [0.29, 0.717) is 5.76 Å². The van der Waals surface area contributed by atoms with Crippen LogP contribution < -0.4 is 9.16 Å². The van der Waals surface area contributed by atoms with Gasteiger partial charge in [-0.1, -0.05) is 27.4 Å². The highest BCUT2D eigenvalue weighted by molar-refractivity contribution is 6.74. The lowest BCUT2D eigenvalue weighted by atomic mass is 10.2. The number of rotatable bonds is 6. The van der Waals surface area contributed by atoms with Crippen LogP contribution in [0.4, 0.5) is 0 Å². The Balaban J connectivity index is 3.17. The largest absolute Gasteiger partial charge is 0.544 e. The summed E-state index contributed by atoms with van der Waals surface area (Å²) < 4.78 is 17.9. The third-order valence-corrected chi connectivity index (χ3v) is 9.29. The molecular formula is C18H32O3Si2. The lowest BCUT2D eigenvalue weighted by Gasteiger charge is -2.37. The fraction of sp³-hybridized carbons (Fsp3) is 0.556. The van der Waals surface area contributed by atoms with Crippen LogP contribution in [0.3, 0.4) is 0 Å². The Morgan fingerprint density at radius 1 is 1.00 bits per heavy atom. The minimum atomic E-state index is -1.94. The van der Waals surface area contributed by atoms with Crippen molar-refractivity contribution < 1.29 is 13.6 Å². The zero-order valence-corrected chi connectivity index (χ0v) is 18.2. The van der Waals surface area contributed by atoms with Crippen molar-refractivity contribution in [3.8, 4) is 11.5 Å². The molecule has 0 bridgehead atoms. The second kappa shape index (κ2) is 6.73. The van der Waals surface area contributed by atoms with E-state index in [1.807, 2.05) is 18.2 Å². The van der Waals surface area contributed by atoms with E-state index in [9.17, 15) is 0 Å². The monoisotopic (exact) mass is 352 g/mol. The van der Waals surface area contributed by atoms with Crippen molar-refractivity contribution in [3.63, 3.8) is 0 Å². The first-order chi connectivity index (χ1) is 10.3. The molecule has 130 valence electrons. The topological polar surface area (TPSA) is 27.7 Å². The lowest BCUT2D eigenvalue weighted by Crippen LogP contribution is -2.43. The molecule has 0 aliphatic carbocycles. The van der Waals surface area contributed by atoms with Crippen LogP contribution in [-0.4, -0.2) is 23.7 Å². The molecule has 0 heterocycles. The molecule has 0 aromatic heterocycles. The highest BCUT2D eigenvalue weighted by Gasteiger charge is 2.39. The zero-order chi connectivity index (χ0) is 18.1. The molecule has 0 fully saturated rings. The second-order valence-corrected chi connectivity index (χ2v) is 17.5. The fourth-order valence-electron chi connectivity index (χ4n) is 1.79. The van der Waals surface area contributed by atoms with Gasteiger partial charge in [-0.15, -0.1) is 0 Å². The molecule has 3 nitrogen and oxygen atoms in total. The maximum absolute atomic E-state index is 6.44. The minimum absolute atomic E-state index is 0.125. The van der Waals surface area contributed by atoms with Crippen LogP contribution in [0.25, 0.3) is 5.76 Å². The third kappa shape index (κ3) is 5.43. The Hall–Kier alpha value is -1.21. The molecule has 0 aliphatic heterocycles. The van der Waals surface area contributed by atoms with Crippen molar-refractivity contribution in [3.05, 3.63) is 30.3 Å². The molecule has 0 aliphatic rings. The van der Waals surface area contributed by atoms with Crippen LogP contribution >= 0.6 is 0 Å². The molecule has 0 unspecified atom stereocenters. The summed E-state index contributed by atoms with van der Waals surface area (Å²) in [6, 6.07) is 5.89. The number of benzene rings is 1. The molecule has 23 heavy (non-hydrogen) atoms. The number of hydrogen-bond acceptors (Lipinski definition) is 3. The average molecular weight is 353 g/mol. The van der Waals surface area contributed by atoms with Gasteiger partial charge in [0.2, 0.25) is 8.32 Å². The molecule has 0 saturated carbocycles. The van der Waals surface area contributed by atoms with Gasteiger partial charge < -0.3 is 13.6 Å². The van der Waals surface area contributed by atoms with Gasteiger partial charge in [0.1, 0.15) is 11.5 Å². The van der Waals surface area contributed by atoms with Crippen LogP contribution in [0.2, 0.25) is 37.8 Å². The van der Waals surface area contributed by atoms with Gasteiger partial charge in [-0.25, -0.2) is 0 Å². The zero-order valence-electron chi connectivity index (χ0n) is 16.2. The van der Waals surface area contributed by atoms with Crippen molar-refractivity contribution in [1.29, 1.82) is 0 Å². The van der Waals surface area contributed by atoms with Crippen molar-refractivity contribution in [2.24, 2.45) is 0 Å². The third-order valence-electron chi connectivity index (χ3n) is 4.09. The Labute approximate surface area is 143 Å². The van der Waals surface area contributed by atoms with Gasteiger partial charge in [-0.3, -0.25) is 0 Å². The van der Waals surface area contributed by atoms with E-state index in [4.69, 9.17) is 13.6 Å². The van der Waals surface area contributed by atoms with Crippen LogP contribution in [0.5, 0.6) is 11.5 Å². The maximum atomic E-state index is 6.44. The molecule has 0 saturated heterocycles. The first-order valence-corrected chi connectivity index (χ1v) is 14.3. The normalized spacial score (nSPS) is 12.7. The van der Waals surface area contributed by atoms with Gasteiger partial charge in [0.15, 0.2) is 5.75 Å². The fourth-order valence-corrected chi connectivity index (χ4v) is 3.66. The molecule has 1 aromatic carbocycles. The number of methoxy groups -OCH3 is 1. The van der Waals surface area contributed by atoms with E-state index in [2.05, 4.69) is 60.1 Å². The summed E-state index contributed by atoms with van der Waals surface area (Å²) in [6.45, 7) is 21.7. The van der Waals surface area contributed by atoms with E-state index in [0.717, 1.165) is 17.1 Å². The molecule has 0 amide bonds. The van der Waals surface area contributed by atoms with Crippen LogP contribution in [0, 0.1) is 0 Å². The van der Waals surface area contributed by atoms with Crippen molar-refractivity contribution in [1.82, 2.24) is 0 Å². The van der Waals surface area contributed by atoms with E-state index in [-0.39, 0.29) is 5.04 Å². The predicted octanol–water partition coefficient (Wildman–Crippen LogP) is 5.90. The first kappa shape index (κ1) is 19.8. The van der Waals surface area contributed by atoms with Gasteiger partial charge in [0.25, 0.3) is 8.32 Å². The van der Waals surface area contributed by atoms with Crippen LogP contribution in [-0.2, 0) is 4.43 Å². The Bertz CT molecular complexity index is 567. The number of ether oxygens (including phenoxy) is 1. The summed E-state index contributed by atoms with van der Waals surface area (Å²) in [7, 11) is -1.95. The molecular weight excluding hydrogens is 320 g/mol. The summed E-state index contributed by atoms with van der Waals surface area (Å²) in [6.07, 6.45) is 0. The van der Waals surface area contributed by atoms with Gasteiger partial charge in [0.05, 0.1) is 7.11 Å². The summed E-state index contributed by atoms with van der Waals surface area (Å²) in [5.74, 6) is 2.23. The van der Waals surface area contributed by atoms with E-state index < -0.39 is 16.6 Å². The minimum Gasteiger partial charge on any atom is -0.544 e. The summed E-state index contributed by atoms with van der Waals surface area (Å²) in [5, 5.41) is 0.125. The van der Waals surface area contributed by atoms with Crippen molar-refractivity contribution in [2.45, 2.75) is 58.5 Å². The standard InChI is InChI=1S/C18H32O3Si2/c1-14(20-22(6,7)8)15-11-12-16(19-5)17(13-15)21-23(9,10)18(2,3)4/h11-13H,1H2,2-10H3. The molecule has 1 rings (SSSR count). The van der Waals surface area contributed by atoms with Crippen LogP contribution in [0.15, 0.2) is 24.8 Å². The smallest absolute Gasteiger partial charge is 0.250 e. The van der Waals surface area contributed by atoms with Gasteiger partial charge in [-0.2, -0.15) is 0 Å². The second-order valence-electron chi connectivity index (χ2n) is 8.37. The van der Waals surface area contributed by atoms with Crippen molar-refractivity contribution in [2.75, 3.05) is 7.11 Å². The van der Waals surface area contributed by atoms with E-state index >= 15 is 0 Å². The van der Waals surface area contributed by atoms with E-state index in [1.54, 1.807) is 7.11 Å². The summed E-state index contributed by atoms with van der Waals surface area (Å²) in [5.41, 5.74) is 0.946. The van der Waals surface area contributed by atoms with Gasteiger partial charge in [0, 0.05) is 5.56 Å². The first-order valence-electron chi connectivity index (χ1n) is 8.02. The summed E-state index contributed by atoms with van der Waals surface area (Å²) in [4.78, 5) is 0. The molecule has 0 spiro atoms. The van der Waals surface area contributed by atoms with Crippen LogP contribution in [0.1, 0.15) is 26.3 Å². The molecule has 0 N–H and O–H groups in total. The molecule has 0 atom stereocenters. The summed E-state index contributed by atoms with van der Waals surface area (Å²) >= 11 is 0. The lowest BCUT2D eigenvalue weighted by molar-refractivity contribution is 0.385. The molecule has 1 aromatic rings. The molecule has 5 heteroatoms. The molecule has 0 radical (unpaired) electrons. The number of hydrogen-bond donors (Lipinski definition) is 0. The average Bonchev–Trinajstić information content (AvgIpc) is 2.34. The van der Waals surface area contributed by atoms with Gasteiger partial charge >= 0.3 is 0 Å². The predicted molar refractivity (Wildman–Crippen MR) is 104 cm³/mol. The Morgan fingerprint density at radius 2 is 1.57 bits per heavy atom.